The van der Waals surface area contributed by atoms with Gasteiger partial charge in [0, 0.05) is 6.07 Å². The monoisotopic (exact) mass is 181 g/mol. The summed E-state index contributed by atoms with van der Waals surface area (Å²) in [6.07, 6.45) is 1.58. The molecule has 0 atom stereocenters. The number of ether oxygens (including phenoxy) is 1. The molecular formula is C10H12FNO. The second-order valence-corrected chi connectivity index (χ2v) is 2.74. The highest BCUT2D eigenvalue weighted by Gasteiger charge is 2.04. The molecule has 2 nitrogen and oxygen atoms in total. The molecule has 0 amide bonds. The van der Waals surface area contributed by atoms with Crippen molar-refractivity contribution in [3.8, 4) is 5.75 Å². The third-order valence-corrected chi connectivity index (χ3v) is 1.65. The van der Waals surface area contributed by atoms with E-state index in [0.29, 0.717) is 23.6 Å². The third kappa shape index (κ3) is 2.21. The molecule has 1 aromatic carbocycles. The summed E-state index contributed by atoms with van der Waals surface area (Å²) in [6.45, 7) is 5.47. The van der Waals surface area contributed by atoms with Crippen molar-refractivity contribution in [1.29, 1.82) is 0 Å². The van der Waals surface area contributed by atoms with E-state index in [1.54, 1.807) is 19.1 Å². The molecule has 0 unspecified atom stereocenters. The third-order valence-electron chi connectivity index (χ3n) is 1.65. The number of hydrogen-bond acceptors (Lipinski definition) is 2. The van der Waals surface area contributed by atoms with E-state index in [0.717, 1.165) is 0 Å². The molecule has 1 aromatic rings. The number of rotatable bonds is 3. The molecule has 0 aliphatic heterocycles. The predicted octanol–water partition coefficient (Wildman–Crippen LogP) is 2.28. The average molecular weight is 181 g/mol. The van der Waals surface area contributed by atoms with Gasteiger partial charge in [-0.1, -0.05) is 12.7 Å². The Kier molecular flexibility index (Phi) is 2.90. The lowest BCUT2D eigenvalue weighted by atomic mass is 10.2. The van der Waals surface area contributed by atoms with Crippen LogP contribution >= 0.6 is 0 Å². The number of benzene rings is 1. The summed E-state index contributed by atoms with van der Waals surface area (Å²) in [5.41, 5.74) is 6.57. The van der Waals surface area contributed by atoms with Crippen molar-refractivity contribution in [3.63, 3.8) is 0 Å². The number of halogens is 1. The molecule has 13 heavy (non-hydrogen) atoms. The van der Waals surface area contributed by atoms with E-state index >= 15 is 0 Å². The van der Waals surface area contributed by atoms with Crippen LogP contribution in [0.25, 0.3) is 0 Å². The standard InChI is InChI=1S/C10H12FNO/c1-3-4-13-10-6-8(11)7(2)5-9(10)12/h3,5-6H,1,4,12H2,2H3. The quantitative estimate of drug-likeness (QED) is 0.573. The zero-order valence-electron chi connectivity index (χ0n) is 7.51. The lowest BCUT2D eigenvalue weighted by Crippen LogP contribution is -1.99. The summed E-state index contributed by atoms with van der Waals surface area (Å²) in [5.74, 6) is 0.0521. The van der Waals surface area contributed by atoms with Gasteiger partial charge in [-0.2, -0.15) is 0 Å². The van der Waals surface area contributed by atoms with Crippen LogP contribution in [-0.2, 0) is 0 Å². The smallest absolute Gasteiger partial charge is 0.145 e. The van der Waals surface area contributed by atoms with Gasteiger partial charge in [0.05, 0.1) is 5.69 Å². The second-order valence-electron chi connectivity index (χ2n) is 2.74. The largest absolute Gasteiger partial charge is 0.487 e. The van der Waals surface area contributed by atoms with Gasteiger partial charge in [0.25, 0.3) is 0 Å². The van der Waals surface area contributed by atoms with Crippen LogP contribution in [0.1, 0.15) is 5.56 Å². The summed E-state index contributed by atoms with van der Waals surface area (Å²) in [6, 6.07) is 2.84. The fourth-order valence-electron chi connectivity index (χ4n) is 0.959. The van der Waals surface area contributed by atoms with E-state index in [-0.39, 0.29) is 5.82 Å². The van der Waals surface area contributed by atoms with E-state index in [4.69, 9.17) is 10.5 Å². The fourth-order valence-corrected chi connectivity index (χ4v) is 0.959. The number of hydrogen-bond donors (Lipinski definition) is 1. The molecule has 3 heteroatoms. The van der Waals surface area contributed by atoms with Crippen LogP contribution in [-0.4, -0.2) is 6.61 Å². The molecule has 0 bridgehead atoms. The highest BCUT2D eigenvalue weighted by atomic mass is 19.1. The molecule has 0 spiro atoms. The Morgan fingerprint density at radius 3 is 2.92 bits per heavy atom. The van der Waals surface area contributed by atoms with Crippen LogP contribution < -0.4 is 10.5 Å². The first-order valence-electron chi connectivity index (χ1n) is 3.94. The summed E-state index contributed by atoms with van der Waals surface area (Å²) >= 11 is 0. The highest BCUT2D eigenvalue weighted by Crippen LogP contribution is 2.24. The summed E-state index contributed by atoms with van der Waals surface area (Å²) in [7, 11) is 0. The van der Waals surface area contributed by atoms with Crippen molar-refractivity contribution >= 4 is 5.69 Å². The first kappa shape index (κ1) is 9.58. The Bertz CT molecular complexity index is 323. The van der Waals surface area contributed by atoms with Crippen LogP contribution in [0.15, 0.2) is 24.8 Å². The number of nitrogen functional groups attached to an aromatic ring is 1. The molecule has 0 radical (unpaired) electrons. The van der Waals surface area contributed by atoms with Crippen molar-refractivity contribution in [2.75, 3.05) is 12.3 Å². The molecular weight excluding hydrogens is 169 g/mol. The van der Waals surface area contributed by atoms with Gasteiger partial charge in [-0.25, -0.2) is 4.39 Å². The molecule has 0 saturated heterocycles. The van der Waals surface area contributed by atoms with Crippen LogP contribution in [0.5, 0.6) is 5.75 Å². The Morgan fingerprint density at radius 1 is 1.62 bits per heavy atom. The Morgan fingerprint density at radius 2 is 2.31 bits per heavy atom. The van der Waals surface area contributed by atoms with E-state index in [1.807, 2.05) is 0 Å². The lowest BCUT2D eigenvalue weighted by molar-refractivity contribution is 0.362. The minimum Gasteiger partial charge on any atom is -0.487 e. The molecule has 0 saturated carbocycles. The first-order valence-corrected chi connectivity index (χ1v) is 3.94. The summed E-state index contributed by atoms with van der Waals surface area (Å²) in [5, 5.41) is 0. The molecule has 0 heterocycles. The van der Waals surface area contributed by atoms with Gasteiger partial charge in [-0.3, -0.25) is 0 Å². The normalized spacial score (nSPS) is 9.69. The van der Waals surface area contributed by atoms with Crippen LogP contribution in [0.4, 0.5) is 10.1 Å². The zero-order valence-corrected chi connectivity index (χ0v) is 7.51. The Balaban J connectivity index is 2.94. The molecule has 70 valence electrons. The van der Waals surface area contributed by atoms with Crippen LogP contribution in [0.2, 0.25) is 0 Å². The van der Waals surface area contributed by atoms with Crippen molar-refractivity contribution in [1.82, 2.24) is 0 Å². The molecule has 1 rings (SSSR count). The van der Waals surface area contributed by atoms with E-state index in [1.165, 1.54) is 6.07 Å². The molecule has 0 aromatic heterocycles. The van der Waals surface area contributed by atoms with Gasteiger partial charge in [0.2, 0.25) is 0 Å². The minimum atomic E-state index is -0.312. The molecule has 2 N–H and O–H groups in total. The minimum absolute atomic E-state index is 0.312. The van der Waals surface area contributed by atoms with Crippen LogP contribution in [0.3, 0.4) is 0 Å². The maximum atomic E-state index is 13.0. The van der Waals surface area contributed by atoms with Gasteiger partial charge < -0.3 is 10.5 Å². The fraction of sp³-hybridized carbons (Fsp3) is 0.200. The van der Waals surface area contributed by atoms with Gasteiger partial charge in [-0.05, 0) is 18.6 Å². The Labute approximate surface area is 76.8 Å². The van der Waals surface area contributed by atoms with Gasteiger partial charge >= 0.3 is 0 Å². The SMILES string of the molecule is C=CCOc1cc(F)c(C)cc1N. The molecule has 0 aliphatic carbocycles. The topological polar surface area (TPSA) is 35.2 Å². The first-order chi connectivity index (χ1) is 6.15. The Hall–Kier alpha value is -1.51. The van der Waals surface area contributed by atoms with E-state index < -0.39 is 0 Å². The predicted molar refractivity (Wildman–Crippen MR) is 51.2 cm³/mol. The number of aryl methyl sites for hydroxylation is 1. The summed E-state index contributed by atoms with van der Waals surface area (Å²) in [4.78, 5) is 0. The van der Waals surface area contributed by atoms with Crippen molar-refractivity contribution in [3.05, 3.63) is 36.2 Å². The zero-order chi connectivity index (χ0) is 9.84. The average Bonchev–Trinajstić information content (AvgIpc) is 2.09. The molecule has 0 fully saturated rings. The van der Waals surface area contributed by atoms with Crippen molar-refractivity contribution in [2.24, 2.45) is 0 Å². The van der Waals surface area contributed by atoms with Gasteiger partial charge in [0.15, 0.2) is 0 Å². The van der Waals surface area contributed by atoms with Crippen LogP contribution in [0, 0.1) is 12.7 Å². The van der Waals surface area contributed by atoms with Crippen molar-refractivity contribution < 1.29 is 9.13 Å². The second kappa shape index (κ2) is 3.94. The maximum Gasteiger partial charge on any atom is 0.145 e. The van der Waals surface area contributed by atoms with Crippen molar-refractivity contribution in [2.45, 2.75) is 6.92 Å². The maximum absolute atomic E-state index is 13.0. The van der Waals surface area contributed by atoms with Gasteiger partial charge in [-0.15, -0.1) is 0 Å². The lowest BCUT2D eigenvalue weighted by Gasteiger charge is -2.07. The summed E-state index contributed by atoms with van der Waals surface area (Å²) < 4.78 is 18.2. The number of nitrogens with two attached hydrogens (primary N) is 1. The highest BCUT2D eigenvalue weighted by molar-refractivity contribution is 5.54. The number of anilines is 1. The van der Waals surface area contributed by atoms with E-state index in [2.05, 4.69) is 6.58 Å². The van der Waals surface area contributed by atoms with Gasteiger partial charge in [0.1, 0.15) is 18.2 Å². The molecule has 0 aliphatic rings. The van der Waals surface area contributed by atoms with E-state index in [9.17, 15) is 4.39 Å².